The van der Waals surface area contributed by atoms with Crippen molar-refractivity contribution in [1.29, 1.82) is 0 Å². The molecule has 4 nitrogen and oxygen atoms in total. The first-order valence-electron chi connectivity index (χ1n) is 7.47. The summed E-state index contributed by atoms with van der Waals surface area (Å²) in [5.41, 5.74) is 3.13. The molecule has 118 valence electrons. The van der Waals surface area contributed by atoms with Gasteiger partial charge in [-0.15, -0.1) is 0 Å². The van der Waals surface area contributed by atoms with E-state index in [0.29, 0.717) is 13.1 Å². The third-order valence-corrected chi connectivity index (χ3v) is 3.25. The molecule has 0 radical (unpaired) electrons. The number of anilines is 1. The minimum atomic E-state index is -0.217. The number of hydrogen-bond acceptors (Lipinski definition) is 2. The van der Waals surface area contributed by atoms with Gasteiger partial charge in [0.05, 0.1) is 6.54 Å². The Hall–Kier alpha value is -2.93. The zero-order chi connectivity index (χ0) is 16.5. The first kappa shape index (κ1) is 16.4. The van der Waals surface area contributed by atoms with Crippen molar-refractivity contribution in [3.63, 3.8) is 0 Å². The van der Waals surface area contributed by atoms with Crippen LogP contribution in [-0.4, -0.2) is 26.7 Å². The molecule has 0 heterocycles. The lowest BCUT2D eigenvalue weighted by atomic mass is 10.2. The highest BCUT2D eigenvalue weighted by Gasteiger charge is 1.98. The molecule has 2 aromatic carbocycles. The second-order valence-electron chi connectivity index (χ2n) is 5.26. The fourth-order valence-corrected chi connectivity index (χ4v) is 1.95. The fourth-order valence-electron chi connectivity index (χ4n) is 1.95. The summed E-state index contributed by atoms with van der Waals surface area (Å²) in [7, 11) is 4.00. The van der Waals surface area contributed by atoms with Crippen LogP contribution >= 0.6 is 0 Å². The third kappa shape index (κ3) is 5.76. The van der Waals surface area contributed by atoms with Gasteiger partial charge in [-0.3, -0.25) is 0 Å². The van der Waals surface area contributed by atoms with E-state index in [-0.39, 0.29) is 6.03 Å². The zero-order valence-electron chi connectivity index (χ0n) is 13.5. The molecule has 0 saturated carbocycles. The molecule has 4 heteroatoms. The highest BCUT2D eigenvalue weighted by atomic mass is 16.2. The van der Waals surface area contributed by atoms with Gasteiger partial charge in [0.15, 0.2) is 0 Å². The normalized spacial score (nSPS) is 9.48. The summed E-state index contributed by atoms with van der Waals surface area (Å²) in [6.45, 7) is 0.822. The van der Waals surface area contributed by atoms with E-state index in [0.717, 1.165) is 16.8 Å². The van der Waals surface area contributed by atoms with Crippen LogP contribution in [0.3, 0.4) is 0 Å². The van der Waals surface area contributed by atoms with Crippen LogP contribution < -0.4 is 15.5 Å². The topological polar surface area (TPSA) is 44.4 Å². The molecule has 2 rings (SSSR count). The van der Waals surface area contributed by atoms with Crippen molar-refractivity contribution in [1.82, 2.24) is 10.6 Å². The van der Waals surface area contributed by atoms with Crippen molar-refractivity contribution >= 4 is 11.7 Å². The molecule has 2 N–H and O–H groups in total. The fraction of sp³-hybridized carbons (Fsp3) is 0.211. The van der Waals surface area contributed by atoms with Crippen LogP contribution in [-0.2, 0) is 6.54 Å². The van der Waals surface area contributed by atoms with Crippen LogP contribution in [0.2, 0.25) is 0 Å². The van der Waals surface area contributed by atoms with Crippen molar-refractivity contribution in [3.05, 3.63) is 65.7 Å². The average Bonchev–Trinajstić information content (AvgIpc) is 2.58. The van der Waals surface area contributed by atoms with E-state index in [1.54, 1.807) is 0 Å². The summed E-state index contributed by atoms with van der Waals surface area (Å²) in [4.78, 5) is 13.7. The zero-order valence-corrected chi connectivity index (χ0v) is 13.5. The van der Waals surface area contributed by atoms with Crippen molar-refractivity contribution in [2.24, 2.45) is 0 Å². The molecule has 0 saturated heterocycles. The summed E-state index contributed by atoms with van der Waals surface area (Å²) >= 11 is 0. The van der Waals surface area contributed by atoms with Gasteiger partial charge in [0.25, 0.3) is 0 Å². The maximum absolute atomic E-state index is 11.7. The van der Waals surface area contributed by atoms with Gasteiger partial charge in [-0.25, -0.2) is 4.79 Å². The minimum Gasteiger partial charge on any atom is -0.378 e. The number of amides is 2. The van der Waals surface area contributed by atoms with Gasteiger partial charge in [0, 0.05) is 31.9 Å². The third-order valence-electron chi connectivity index (χ3n) is 3.25. The Morgan fingerprint density at radius 2 is 1.70 bits per heavy atom. The summed E-state index contributed by atoms with van der Waals surface area (Å²) in [5.74, 6) is 5.97. The summed E-state index contributed by atoms with van der Waals surface area (Å²) in [5, 5.41) is 5.52. The molecule has 0 spiro atoms. The summed E-state index contributed by atoms with van der Waals surface area (Å²) in [6.07, 6.45) is 0. The summed E-state index contributed by atoms with van der Waals surface area (Å²) in [6, 6.07) is 17.5. The predicted molar refractivity (Wildman–Crippen MR) is 94.3 cm³/mol. The number of carbonyl (C=O) groups excluding carboxylic acids is 1. The van der Waals surface area contributed by atoms with Crippen LogP contribution in [0.4, 0.5) is 10.5 Å². The lowest BCUT2D eigenvalue weighted by Crippen LogP contribution is -2.35. The van der Waals surface area contributed by atoms with E-state index in [9.17, 15) is 4.79 Å². The molecule has 2 aromatic rings. The van der Waals surface area contributed by atoms with Gasteiger partial charge >= 0.3 is 6.03 Å². The Kier molecular flexibility index (Phi) is 6.07. The van der Waals surface area contributed by atoms with Crippen LogP contribution in [0.25, 0.3) is 0 Å². The minimum absolute atomic E-state index is 0.217. The second-order valence-corrected chi connectivity index (χ2v) is 5.26. The van der Waals surface area contributed by atoms with E-state index in [2.05, 4.69) is 22.5 Å². The quantitative estimate of drug-likeness (QED) is 0.853. The van der Waals surface area contributed by atoms with Crippen molar-refractivity contribution in [2.45, 2.75) is 6.54 Å². The Balaban J connectivity index is 1.73. The largest absolute Gasteiger partial charge is 0.378 e. The highest BCUT2D eigenvalue weighted by molar-refractivity contribution is 5.74. The van der Waals surface area contributed by atoms with Crippen molar-refractivity contribution < 1.29 is 4.79 Å². The number of rotatable bonds is 4. The van der Waals surface area contributed by atoms with Gasteiger partial charge in [0.2, 0.25) is 0 Å². The number of nitrogens with one attached hydrogen (secondary N) is 2. The molecule has 23 heavy (non-hydrogen) atoms. The average molecular weight is 307 g/mol. The van der Waals surface area contributed by atoms with Crippen molar-refractivity contribution in [2.75, 3.05) is 25.5 Å². The molecule has 0 aliphatic carbocycles. The lowest BCUT2D eigenvalue weighted by molar-refractivity contribution is 0.241. The second kappa shape index (κ2) is 8.50. The van der Waals surface area contributed by atoms with E-state index < -0.39 is 0 Å². The Morgan fingerprint density at radius 3 is 2.35 bits per heavy atom. The Morgan fingerprint density at radius 1 is 1.00 bits per heavy atom. The number of nitrogens with zero attached hydrogens (tertiary/aromatic N) is 1. The van der Waals surface area contributed by atoms with Gasteiger partial charge < -0.3 is 15.5 Å². The van der Waals surface area contributed by atoms with Crippen LogP contribution in [0.15, 0.2) is 54.6 Å². The van der Waals surface area contributed by atoms with Crippen LogP contribution in [0.5, 0.6) is 0 Å². The van der Waals surface area contributed by atoms with E-state index in [4.69, 9.17) is 0 Å². The number of benzene rings is 2. The molecule has 0 aliphatic heterocycles. The highest BCUT2D eigenvalue weighted by Crippen LogP contribution is 2.11. The molecule has 0 aliphatic rings. The Labute approximate surface area is 137 Å². The standard InChI is InChI=1S/C19H21N3O/c1-22(2)18-12-10-16(11-13-18)9-6-14-20-19(23)21-15-17-7-4-3-5-8-17/h3-5,7-8,10-13H,14-15H2,1-2H3,(H2,20,21,23). The summed E-state index contributed by atoms with van der Waals surface area (Å²) < 4.78 is 0. The smallest absolute Gasteiger partial charge is 0.315 e. The van der Waals surface area contributed by atoms with Gasteiger partial charge in [-0.2, -0.15) is 0 Å². The molecule has 0 unspecified atom stereocenters. The number of hydrogen-bond donors (Lipinski definition) is 2. The first-order chi connectivity index (χ1) is 11.1. The molecule has 0 aromatic heterocycles. The maximum atomic E-state index is 11.7. The maximum Gasteiger partial charge on any atom is 0.315 e. The molecule has 0 atom stereocenters. The molecular formula is C19H21N3O. The molecular weight excluding hydrogens is 286 g/mol. The number of carbonyl (C=O) groups is 1. The van der Waals surface area contributed by atoms with Gasteiger partial charge in [-0.1, -0.05) is 42.2 Å². The van der Waals surface area contributed by atoms with Crippen molar-refractivity contribution in [3.8, 4) is 11.8 Å². The predicted octanol–water partition coefficient (Wildman–Crippen LogP) is 2.60. The molecule has 0 fully saturated rings. The monoisotopic (exact) mass is 307 g/mol. The number of urea groups is 1. The van der Waals surface area contributed by atoms with E-state index in [1.165, 1.54) is 0 Å². The van der Waals surface area contributed by atoms with E-state index >= 15 is 0 Å². The Bertz CT molecular complexity index is 682. The molecule has 0 bridgehead atoms. The van der Waals surface area contributed by atoms with Gasteiger partial charge in [-0.05, 0) is 29.8 Å². The SMILES string of the molecule is CN(C)c1ccc(C#CCNC(=O)NCc2ccccc2)cc1. The first-order valence-corrected chi connectivity index (χ1v) is 7.47. The van der Waals surface area contributed by atoms with E-state index in [1.807, 2.05) is 73.6 Å². The van der Waals surface area contributed by atoms with Gasteiger partial charge in [0.1, 0.15) is 0 Å². The lowest BCUT2D eigenvalue weighted by Gasteiger charge is -2.11. The molecule has 2 amide bonds. The van der Waals surface area contributed by atoms with Crippen LogP contribution in [0, 0.1) is 11.8 Å². The van der Waals surface area contributed by atoms with Crippen LogP contribution in [0.1, 0.15) is 11.1 Å².